The van der Waals surface area contributed by atoms with E-state index < -0.39 is 0 Å². The van der Waals surface area contributed by atoms with Crippen LogP contribution in [0.15, 0.2) is 42.7 Å². The van der Waals surface area contributed by atoms with Gasteiger partial charge in [-0.25, -0.2) is 0 Å². The number of hydrogen-bond donors (Lipinski definition) is 1. The summed E-state index contributed by atoms with van der Waals surface area (Å²) in [5.74, 6) is 1.60. The van der Waals surface area contributed by atoms with Crippen LogP contribution in [0, 0.1) is 0 Å². The number of nitrogens with one attached hydrogen (secondary N) is 1. The van der Waals surface area contributed by atoms with E-state index in [1.54, 1.807) is 13.3 Å². The summed E-state index contributed by atoms with van der Waals surface area (Å²) in [6.45, 7) is 4.39. The summed E-state index contributed by atoms with van der Waals surface area (Å²) in [6.07, 6.45) is 4.47. The smallest absolute Gasteiger partial charge is 0.165 e. The Morgan fingerprint density at radius 1 is 1.19 bits per heavy atom. The van der Waals surface area contributed by atoms with Crippen molar-refractivity contribution in [1.29, 1.82) is 0 Å². The standard InChI is InChI=1S/C17H22N2O2/c1-3-18-13-15-7-4-8-16(20-2)17(15)21-11-9-14-6-5-10-19-12-14/h4-8,10,12,18H,3,9,11,13H2,1-2H3. The van der Waals surface area contributed by atoms with Crippen molar-refractivity contribution in [2.45, 2.75) is 19.9 Å². The fourth-order valence-electron chi connectivity index (χ4n) is 2.10. The van der Waals surface area contributed by atoms with Gasteiger partial charge in [0.15, 0.2) is 11.5 Å². The minimum atomic E-state index is 0.602. The molecule has 0 unspecified atom stereocenters. The molecule has 2 aromatic rings. The summed E-state index contributed by atoms with van der Waals surface area (Å²) >= 11 is 0. The average Bonchev–Trinajstić information content (AvgIpc) is 2.54. The van der Waals surface area contributed by atoms with Crippen molar-refractivity contribution in [3.63, 3.8) is 0 Å². The maximum absolute atomic E-state index is 5.97. The van der Waals surface area contributed by atoms with Gasteiger partial charge in [0.25, 0.3) is 0 Å². The number of pyridine rings is 1. The second kappa shape index (κ2) is 8.27. The highest BCUT2D eigenvalue weighted by Gasteiger charge is 2.10. The lowest BCUT2D eigenvalue weighted by Gasteiger charge is -2.15. The Balaban J connectivity index is 2.03. The zero-order chi connectivity index (χ0) is 14.9. The van der Waals surface area contributed by atoms with Crippen LogP contribution in [0.4, 0.5) is 0 Å². The molecule has 1 heterocycles. The van der Waals surface area contributed by atoms with Gasteiger partial charge in [-0.2, -0.15) is 0 Å². The molecule has 0 amide bonds. The summed E-state index contributed by atoms with van der Waals surface area (Å²) in [6, 6.07) is 9.96. The van der Waals surface area contributed by atoms with Crippen LogP contribution in [0.1, 0.15) is 18.1 Å². The molecule has 0 spiro atoms. The first kappa shape index (κ1) is 15.3. The Kier molecular flexibility index (Phi) is 6.03. The van der Waals surface area contributed by atoms with Crippen LogP contribution in [0.2, 0.25) is 0 Å². The molecule has 112 valence electrons. The summed E-state index contributed by atoms with van der Waals surface area (Å²) in [5, 5.41) is 3.32. The summed E-state index contributed by atoms with van der Waals surface area (Å²) in [7, 11) is 1.67. The molecule has 0 atom stereocenters. The molecule has 0 saturated heterocycles. The van der Waals surface area contributed by atoms with E-state index in [1.165, 1.54) is 5.56 Å². The highest BCUT2D eigenvalue weighted by atomic mass is 16.5. The van der Waals surface area contributed by atoms with E-state index in [-0.39, 0.29) is 0 Å². The monoisotopic (exact) mass is 286 g/mol. The quantitative estimate of drug-likeness (QED) is 0.810. The topological polar surface area (TPSA) is 43.4 Å². The van der Waals surface area contributed by atoms with Gasteiger partial charge in [-0.15, -0.1) is 0 Å². The lowest BCUT2D eigenvalue weighted by molar-refractivity contribution is 0.293. The van der Waals surface area contributed by atoms with Gasteiger partial charge in [-0.1, -0.05) is 25.1 Å². The maximum Gasteiger partial charge on any atom is 0.165 e. The zero-order valence-corrected chi connectivity index (χ0v) is 12.6. The van der Waals surface area contributed by atoms with E-state index >= 15 is 0 Å². The number of hydrogen-bond acceptors (Lipinski definition) is 4. The van der Waals surface area contributed by atoms with Crippen LogP contribution in [0.25, 0.3) is 0 Å². The van der Waals surface area contributed by atoms with Crippen molar-refractivity contribution < 1.29 is 9.47 Å². The lowest BCUT2D eigenvalue weighted by atomic mass is 10.1. The molecule has 1 aromatic carbocycles. The van der Waals surface area contributed by atoms with E-state index in [1.807, 2.05) is 24.4 Å². The van der Waals surface area contributed by atoms with Gasteiger partial charge in [0.05, 0.1) is 13.7 Å². The average molecular weight is 286 g/mol. The number of benzene rings is 1. The molecule has 1 N–H and O–H groups in total. The molecule has 21 heavy (non-hydrogen) atoms. The lowest BCUT2D eigenvalue weighted by Crippen LogP contribution is -2.14. The minimum absolute atomic E-state index is 0.602. The van der Waals surface area contributed by atoms with Crippen LogP contribution >= 0.6 is 0 Å². The number of nitrogens with zero attached hydrogens (tertiary/aromatic N) is 1. The van der Waals surface area contributed by atoms with Gasteiger partial charge in [0.2, 0.25) is 0 Å². The molecule has 4 heteroatoms. The van der Waals surface area contributed by atoms with Crippen molar-refractivity contribution in [2.75, 3.05) is 20.3 Å². The summed E-state index contributed by atoms with van der Waals surface area (Å²) in [4.78, 5) is 4.11. The number of methoxy groups -OCH3 is 1. The van der Waals surface area contributed by atoms with Crippen molar-refractivity contribution in [3.8, 4) is 11.5 Å². The number of aromatic nitrogens is 1. The Bertz CT molecular complexity index is 544. The van der Waals surface area contributed by atoms with Gasteiger partial charge in [0, 0.05) is 30.9 Å². The summed E-state index contributed by atoms with van der Waals surface area (Å²) in [5.41, 5.74) is 2.28. The number of ether oxygens (including phenoxy) is 2. The van der Waals surface area contributed by atoms with Gasteiger partial charge in [-0.05, 0) is 24.2 Å². The van der Waals surface area contributed by atoms with Crippen LogP contribution in [-0.2, 0) is 13.0 Å². The van der Waals surface area contributed by atoms with Crippen LogP contribution in [-0.4, -0.2) is 25.2 Å². The fraction of sp³-hybridized carbons (Fsp3) is 0.353. The van der Waals surface area contributed by atoms with E-state index in [9.17, 15) is 0 Å². The van der Waals surface area contributed by atoms with E-state index in [4.69, 9.17) is 9.47 Å². The van der Waals surface area contributed by atoms with Crippen molar-refractivity contribution >= 4 is 0 Å². The maximum atomic E-state index is 5.97. The first-order valence-electron chi connectivity index (χ1n) is 7.23. The molecule has 0 aliphatic heterocycles. The Morgan fingerprint density at radius 3 is 2.81 bits per heavy atom. The third kappa shape index (κ3) is 4.46. The Labute approximate surface area is 126 Å². The van der Waals surface area contributed by atoms with E-state index in [0.717, 1.165) is 36.6 Å². The van der Waals surface area contributed by atoms with Crippen molar-refractivity contribution in [3.05, 3.63) is 53.9 Å². The minimum Gasteiger partial charge on any atom is -0.493 e. The van der Waals surface area contributed by atoms with Gasteiger partial charge < -0.3 is 14.8 Å². The number of para-hydroxylation sites is 1. The van der Waals surface area contributed by atoms with E-state index in [2.05, 4.69) is 29.4 Å². The second-order valence-electron chi connectivity index (χ2n) is 4.69. The first-order chi connectivity index (χ1) is 10.3. The molecular formula is C17H22N2O2. The summed E-state index contributed by atoms with van der Waals surface area (Å²) < 4.78 is 11.4. The van der Waals surface area contributed by atoms with Gasteiger partial charge in [0.1, 0.15) is 0 Å². The predicted octanol–water partition coefficient (Wildman–Crippen LogP) is 2.82. The van der Waals surface area contributed by atoms with Crippen molar-refractivity contribution in [1.82, 2.24) is 10.3 Å². The molecule has 0 bridgehead atoms. The molecule has 0 aliphatic rings. The van der Waals surface area contributed by atoms with E-state index in [0.29, 0.717) is 6.61 Å². The molecule has 0 radical (unpaired) electrons. The molecule has 4 nitrogen and oxygen atoms in total. The van der Waals surface area contributed by atoms with Crippen molar-refractivity contribution in [2.24, 2.45) is 0 Å². The van der Waals surface area contributed by atoms with Gasteiger partial charge >= 0.3 is 0 Å². The molecule has 0 aliphatic carbocycles. The largest absolute Gasteiger partial charge is 0.493 e. The highest BCUT2D eigenvalue weighted by Crippen LogP contribution is 2.31. The second-order valence-corrected chi connectivity index (χ2v) is 4.69. The molecule has 2 rings (SSSR count). The Morgan fingerprint density at radius 2 is 2.10 bits per heavy atom. The third-order valence-electron chi connectivity index (χ3n) is 3.21. The Hall–Kier alpha value is -2.07. The van der Waals surface area contributed by atoms with Crippen LogP contribution < -0.4 is 14.8 Å². The highest BCUT2D eigenvalue weighted by molar-refractivity contribution is 5.46. The zero-order valence-electron chi connectivity index (χ0n) is 12.6. The van der Waals surface area contributed by atoms with Gasteiger partial charge in [-0.3, -0.25) is 4.98 Å². The SMILES string of the molecule is CCNCc1cccc(OC)c1OCCc1cccnc1. The first-order valence-corrected chi connectivity index (χ1v) is 7.23. The predicted molar refractivity (Wildman–Crippen MR) is 83.8 cm³/mol. The molecular weight excluding hydrogens is 264 g/mol. The fourth-order valence-corrected chi connectivity index (χ4v) is 2.10. The molecule has 0 saturated carbocycles. The third-order valence-corrected chi connectivity index (χ3v) is 3.21. The van der Waals surface area contributed by atoms with Crippen LogP contribution in [0.3, 0.4) is 0 Å². The molecule has 0 fully saturated rings. The normalized spacial score (nSPS) is 10.4. The van der Waals surface area contributed by atoms with Crippen LogP contribution in [0.5, 0.6) is 11.5 Å². The number of rotatable bonds is 8. The molecule has 1 aromatic heterocycles.